The van der Waals surface area contributed by atoms with Crippen molar-refractivity contribution in [2.75, 3.05) is 16.8 Å². The number of aromatic nitrogens is 1. The second-order valence-electron chi connectivity index (χ2n) is 5.73. The molecule has 0 radical (unpaired) electrons. The first kappa shape index (κ1) is 18.4. The molecule has 0 saturated heterocycles. The van der Waals surface area contributed by atoms with Crippen LogP contribution in [0.2, 0.25) is 0 Å². The summed E-state index contributed by atoms with van der Waals surface area (Å²) in [5.41, 5.74) is 0.432. The van der Waals surface area contributed by atoms with Crippen molar-refractivity contribution in [1.29, 1.82) is 0 Å². The number of amides is 2. The molecule has 0 aliphatic carbocycles. The van der Waals surface area contributed by atoms with Crippen LogP contribution in [0.15, 0.2) is 48.7 Å². The Balaban J connectivity index is 1.86. The smallest absolute Gasteiger partial charge is 0.244 e. The normalized spacial score (nSPS) is 10.7. The molecule has 0 spiro atoms. The van der Waals surface area contributed by atoms with Crippen LogP contribution in [0.1, 0.15) is 6.92 Å². The molecular formula is C19H14F3N3O2. The molecule has 138 valence electrons. The van der Waals surface area contributed by atoms with Gasteiger partial charge in [-0.2, -0.15) is 0 Å². The van der Waals surface area contributed by atoms with E-state index in [4.69, 9.17) is 0 Å². The fourth-order valence-corrected chi connectivity index (χ4v) is 2.63. The molecule has 0 saturated carbocycles. The molecule has 5 nitrogen and oxygen atoms in total. The van der Waals surface area contributed by atoms with E-state index in [1.807, 2.05) is 12.1 Å². The maximum Gasteiger partial charge on any atom is 0.244 e. The Bertz CT molecular complexity index is 1030. The molecule has 1 aromatic heterocycles. The van der Waals surface area contributed by atoms with Gasteiger partial charge in [-0.15, -0.1) is 0 Å². The SMILES string of the molecule is CC(=O)N(CC(=O)Nc1cccc2cccnc12)c1ccc(F)c(F)c1F. The number of carbonyl (C=O) groups excluding carboxylic acids is 2. The van der Waals surface area contributed by atoms with Crippen molar-refractivity contribution in [2.24, 2.45) is 0 Å². The van der Waals surface area contributed by atoms with Crippen LogP contribution in [-0.2, 0) is 9.59 Å². The summed E-state index contributed by atoms with van der Waals surface area (Å²) in [4.78, 5) is 29.2. The fourth-order valence-electron chi connectivity index (χ4n) is 2.63. The lowest BCUT2D eigenvalue weighted by Gasteiger charge is -2.21. The second-order valence-corrected chi connectivity index (χ2v) is 5.73. The van der Waals surface area contributed by atoms with Gasteiger partial charge in [-0.25, -0.2) is 13.2 Å². The summed E-state index contributed by atoms with van der Waals surface area (Å²) in [6, 6.07) is 10.3. The largest absolute Gasteiger partial charge is 0.323 e. The molecule has 27 heavy (non-hydrogen) atoms. The average Bonchev–Trinajstić information content (AvgIpc) is 2.65. The minimum absolute atomic E-state index is 0.410. The number of rotatable bonds is 4. The zero-order valence-electron chi connectivity index (χ0n) is 14.2. The maximum absolute atomic E-state index is 14.0. The third kappa shape index (κ3) is 3.74. The van der Waals surface area contributed by atoms with Crippen LogP contribution in [0.3, 0.4) is 0 Å². The number of carbonyl (C=O) groups is 2. The predicted octanol–water partition coefficient (Wildman–Crippen LogP) is 3.64. The van der Waals surface area contributed by atoms with E-state index >= 15 is 0 Å². The summed E-state index contributed by atoms with van der Waals surface area (Å²) < 4.78 is 40.6. The van der Waals surface area contributed by atoms with Gasteiger partial charge in [0, 0.05) is 18.5 Å². The highest BCUT2D eigenvalue weighted by Gasteiger charge is 2.23. The van der Waals surface area contributed by atoms with Gasteiger partial charge in [0.15, 0.2) is 17.5 Å². The maximum atomic E-state index is 14.0. The predicted molar refractivity (Wildman–Crippen MR) is 94.7 cm³/mol. The number of pyridine rings is 1. The van der Waals surface area contributed by atoms with Gasteiger partial charge in [-0.1, -0.05) is 18.2 Å². The Kier molecular flexibility index (Phi) is 5.07. The molecule has 0 unspecified atom stereocenters. The molecule has 3 rings (SSSR count). The van der Waals surface area contributed by atoms with E-state index in [-0.39, 0.29) is 0 Å². The third-order valence-electron chi connectivity index (χ3n) is 3.89. The molecule has 0 aliphatic heterocycles. The molecule has 3 aromatic rings. The summed E-state index contributed by atoms with van der Waals surface area (Å²) in [6.07, 6.45) is 1.57. The Labute approximate surface area is 152 Å². The first-order valence-corrected chi connectivity index (χ1v) is 7.93. The van der Waals surface area contributed by atoms with E-state index in [1.165, 1.54) is 0 Å². The van der Waals surface area contributed by atoms with Gasteiger partial charge < -0.3 is 10.2 Å². The standard InChI is InChI=1S/C19H14F3N3O2/c1-11(26)25(15-8-7-13(20)17(21)18(15)22)10-16(27)24-14-6-2-4-12-5-3-9-23-19(12)14/h2-9H,10H2,1H3,(H,24,27). The lowest BCUT2D eigenvalue weighted by Crippen LogP contribution is -2.37. The number of para-hydroxylation sites is 1. The van der Waals surface area contributed by atoms with Crippen molar-refractivity contribution in [3.63, 3.8) is 0 Å². The molecule has 0 aliphatic rings. The minimum Gasteiger partial charge on any atom is -0.323 e. The van der Waals surface area contributed by atoms with Crippen LogP contribution in [0.4, 0.5) is 24.5 Å². The van der Waals surface area contributed by atoms with Crippen LogP contribution in [0.25, 0.3) is 10.9 Å². The van der Waals surface area contributed by atoms with Crippen LogP contribution in [0.5, 0.6) is 0 Å². The van der Waals surface area contributed by atoms with Crippen LogP contribution in [-0.4, -0.2) is 23.3 Å². The van der Waals surface area contributed by atoms with Crippen LogP contribution < -0.4 is 10.2 Å². The quantitative estimate of drug-likeness (QED) is 0.710. The number of hydrogen-bond acceptors (Lipinski definition) is 3. The highest BCUT2D eigenvalue weighted by Crippen LogP contribution is 2.24. The average molecular weight is 373 g/mol. The zero-order valence-corrected chi connectivity index (χ0v) is 14.2. The van der Waals surface area contributed by atoms with Crippen molar-refractivity contribution in [1.82, 2.24) is 4.98 Å². The highest BCUT2D eigenvalue weighted by atomic mass is 19.2. The topological polar surface area (TPSA) is 62.3 Å². The van der Waals surface area contributed by atoms with E-state index in [0.29, 0.717) is 17.3 Å². The Morgan fingerprint density at radius 3 is 2.52 bits per heavy atom. The molecule has 1 N–H and O–H groups in total. The summed E-state index contributed by atoms with van der Waals surface area (Å²) in [7, 11) is 0. The number of halogens is 3. The minimum atomic E-state index is -1.71. The first-order valence-electron chi connectivity index (χ1n) is 7.93. The number of nitrogens with one attached hydrogen (secondary N) is 1. The number of hydrogen-bond donors (Lipinski definition) is 1. The van der Waals surface area contributed by atoms with Crippen LogP contribution in [0, 0.1) is 17.5 Å². The molecule has 0 atom stereocenters. The molecule has 0 fully saturated rings. The Morgan fingerprint density at radius 1 is 1.04 bits per heavy atom. The molecule has 0 bridgehead atoms. The highest BCUT2D eigenvalue weighted by molar-refractivity contribution is 6.05. The molecule has 2 amide bonds. The number of benzene rings is 2. The lowest BCUT2D eigenvalue weighted by atomic mass is 10.2. The van der Waals surface area contributed by atoms with Gasteiger partial charge in [0.1, 0.15) is 6.54 Å². The monoisotopic (exact) mass is 373 g/mol. The van der Waals surface area contributed by atoms with E-state index in [9.17, 15) is 22.8 Å². The van der Waals surface area contributed by atoms with Crippen molar-refractivity contribution in [3.8, 4) is 0 Å². The van der Waals surface area contributed by atoms with E-state index in [2.05, 4.69) is 10.3 Å². The zero-order chi connectivity index (χ0) is 19.6. The van der Waals surface area contributed by atoms with Gasteiger partial charge in [0.25, 0.3) is 0 Å². The van der Waals surface area contributed by atoms with Crippen LogP contribution >= 0.6 is 0 Å². The van der Waals surface area contributed by atoms with Crippen molar-refractivity contribution in [3.05, 3.63) is 66.1 Å². The lowest BCUT2D eigenvalue weighted by molar-refractivity contribution is -0.120. The Hall–Kier alpha value is -3.42. The van der Waals surface area contributed by atoms with E-state index in [1.54, 1.807) is 24.4 Å². The summed E-state index contributed by atoms with van der Waals surface area (Å²) in [5, 5.41) is 3.40. The summed E-state index contributed by atoms with van der Waals surface area (Å²) in [6.45, 7) is 0.508. The number of anilines is 2. The third-order valence-corrected chi connectivity index (χ3v) is 3.89. The molecular weight excluding hydrogens is 359 g/mol. The van der Waals surface area contributed by atoms with Gasteiger partial charge >= 0.3 is 0 Å². The molecule has 8 heteroatoms. The summed E-state index contributed by atoms with van der Waals surface area (Å²) >= 11 is 0. The van der Waals surface area contributed by atoms with Crippen molar-refractivity contribution < 1.29 is 22.8 Å². The molecule has 2 aromatic carbocycles. The fraction of sp³-hybridized carbons (Fsp3) is 0.105. The van der Waals surface area contributed by atoms with E-state index in [0.717, 1.165) is 23.3 Å². The van der Waals surface area contributed by atoms with Gasteiger partial charge in [0.2, 0.25) is 11.8 Å². The van der Waals surface area contributed by atoms with Crippen molar-refractivity contribution >= 4 is 34.1 Å². The number of fused-ring (bicyclic) bond motifs is 1. The summed E-state index contributed by atoms with van der Waals surface area (Å²) in [5.74, 6) is -5.98. The number of nitrogens with zero attached hydrogens (tertiary/aromatic N) is 2. The second kappa shape index (κ2) is 7.45. The van der Waals surface area contributed by atoms with Crippen molar-refractivity contribution in [2.45, 2.75) is 6.92 Å². The Morgan fingerprint density at radius 2 is 1.78 bits per heavy atom. The molecule has 1 heterocycles. The van der Waals surface area contributed by atoms with E-state index < -0.39 is 41.5 Å². The van der Waals surface area contributed by atoms with Gasteiger partial charge in [-0.3, -0.25) is 14.6 Å². The first-order chi connectivity index (χ1) is 12.9. The van der Waals surface area contributed by atoms with Gasteiger partial charge in [-0.05, 0) is 24.3 Å². The van der Waals surface area contributed by atoms with Gasteiger partial charge in [0.05, 0.1) is 16.9 Å².